The molecule has 0 saturated heterocycles. The summed E-state index contributed by atoms with van der Waals surface area (Å²) >= 11 is 3.09. The molecule has 1 heterocycles. The van der Waals surface area contributed by atoms with E-state index in [1.54, 1.807) is 18.1 Å². The van der Waals surface area contributed by atoms with Gasteiger partial charge in [-0.2, -0.15) is 4.37 Å². The van der Waals surface area contributed by atoms with Crippen LogP contribution in [0.1, 0.15) is 13.3 Å². The van der Waals surface area contributed by atoms with Gasteiger partial charge in [-0.3, -0.25) is 0 Å². The Morgan fingerprint density at radius 3 is 3.00 bits per heavy atom. The van der Waals surface area contributed by atoms with E-state index in [1.807, 2.05) is 14.0 Å². The number of aliphatic hydroxyl groups excluding tert-OH is 1. The van der Waals surface area contributed by atoms with Crippen molar-refractivity contribution in [1.29, 1.82) is 0 Å². The average Bonchev–Trinajstić information content (AvgIpc) is 2.70. The van der Waals surface area contributed by atoms with E-state index in [2.05, 4.69) is 14.7 Å². The van der Waals surface area contributed by atoms with Crippen molar-refractivity contribution in [1.82, 2.24) is 14.7 Å². The van der Waals surface area contributed by atoms with E-state index in [1.165, 1.54) is 11.5 Å². The highest BCUT2D eigenvalue weighted by Gasteiger charge is 2.20. The van der Waals surface area contributed by atoms with Crippen molar-refractivity contribution in [3.63, 3.8) is 0 Å². The second-order valence-electron chi connectivity index (χ2n) is 3.27. The molecule has 6 heteroatoms. The third-order valence-corrected chi connectivity index (χ3v) is 3.97. The van der Waals surface area contributed by atoms with E-state index >= 15 is 0 Å². The van der Waals surface area contributed by atoms with Crippen LogP contribution >= 0.6 is 23.3 Å². The SMILES string of the molecule is CNC(C)(CO)CCSc1ncns1. The first kappa shape index (κ1) is 11.9. The predicted octanol–water partition coefficient (Wildman–Crippen LogP) is 0.991. The Balaban J connectivity index is 2.27. The van der Waals surface area contributed by atoms with Gasteiger partial charge in [0, 0.05) is 11.3 Å². The number of hydrogen-bond donors (Lipinski definition) is 2. The molecule has 0 aliphatic rings. The number of nitrogens with one attached hydrogen (secondary N) is 1. The Bertz CT molecular complexity index is 249. The summed E-state index contributed by atoms with van der Waals surface area (Å²) in [6, 6.07) is 0. The van der Waals surface area contributed by atoms with E-state index in [4.69, 9.17) is 5.11 Å². The molecule has 0 aliphatic carbocycles. The third-order valence-electron chi connectivity index (χ3n) is 2.17. The van der Waals surface area contributed by atoms with Crippen LogP contribution in [0.15, 0.2) is 10.7 Å². The predicted molar refractivity (Wildman–Crippen MR) is 59.8 cm³/mol. The molecular formula is C8H15N3OS2. The number of hydrogen-bond acceptors (Lipinski definition) is 6. The van der Waals surface area contributed by atoms with Gasteiger partial charge in [0.1, 0.15) is 6.33 Å². The van der Waals surface area contributed by atoms with Crippen LogP contribution in [-0.4, -0.2) is 39.4 Å². The average molecular weight is 233 g/mol. The highest BCUT2D eigenvalue weighted by Crippen LogP contribution is 2.21. The van der Waals surface area contributed by atoms with Crippen molar-refractivity contribution in [3.05, 3.63) is 6.33 Å². The lowest BCUT2D eigenvalue weighted by atomic mass is 10.0. The third kappa shape index (κ3) is 3.53. The summed E-state index contributed by atoms with van der Waals surface area (Å²) in [5.41, 5.74) is -0.183. The van der Waals surface area contributed by atoms with E-state index in [-0.39, 0.29) is 12.1 Å². The summed E-state index contributed by atoms with van der Waals surface area (Å²) in [5.74, 6) is 0.938. The largest absolute Gasteiger partial charge is 0.394 e. The molecule has 80 valence electrons. The van der Waals surface area contributed by atoms with Crippen LogP contribution in [0, 0.1) is 0 Å². The second kappa shape index (κ2) is 5.65. The van der Waals surface area contributed by atoms with Crippen molar-refractivity contribution in [2.24, 2.45) is 0 Å². The molecule has 0 aromatic carbocycles. The molecule has 0 aliphatic heterocycles. The van der Waals surface area contributed by atoms with Crippen LogP contribution in [0.3, 0.4) is 0 Å². The van der Waals surface area contributed by atoms with Gasteiger partial charge in [0.15, 0.2) is 4.34 Å². The summed E-state index contributed by atoms with van der Waals surface area (Å²) in [6.07, 6.45) is 2.47. The minimum absolute atomic E-state index is 0.153. The molecular weight excluding hydrogens is 218 g/mol. The van der Waals surface area contributed by atoms with Gasteiger partial charge in [0.05, 0.1) is 6.61 Å². The van der Waals surface area contributed by atoms with E-state index < -0.39 is 0 Å². The number of thioether (sulfide) groups is 1. The molecule has 1 aromatic heterocycles. The second-order valence-corrected chi connectivity index (χ2v) is 5.40. The molecule has 1 atom stereocenters. The zero-order valence-electron chi connectivity index (χ0n) is 8.36. The fourth-order valence-corrected chi connectivity index (χ4v) is 2.59. The summed E-state index contributed by atoms with van der Waals surface area (Å²) in [6.45, 7) is 2.16. The van der Waals surface area contributed by atoms with E-state index in [0.29, 0.717) is 0 Å². The van der Waals surface area contributed by atoms with Gasteiger partial charge in [-0.15, -0.1) is 0 Å². The maximum Gasteiger partial charge on any atom is 0.169 e. The molecule has 0 spiro atoms. The van der Waals surface area contributed by atoms with Crippen LogP contribution in [0.5, 0.6) is 0 Å². The Morgan fingerprint density at radius 2 is 2.50 bits per heavy atom. The molecule has 0 bridgehead atoms. The highest BCUT2D eigenvalue weighted by atomic mass is 32.2. The first-order valence-corrected chi connectivity index (χ1v) is 6.15. The van der Waals surface area contributed by atoms with Gasteiger partial charge < -0.3 is 10.4 Å². The van der Waals surface area contributed by atoms with E-state index in [9.17, 15) is 0 Å². The molecule has 0 radical (unpaired) electrons. The summed E-state index contributed by atoms with van der Waals surface area (Å²) < 4.78 is 4.91. The fourth-order valence-electron chi connectivity index (χ4n) is 0.873. The molecule has 0 amide bonds. The topological polar surface area (TPSA) is 58.0 Å². The lowest BCUT2D eigenvalue weighted by Crippen LogP contribution is -2.43. The van der Waals surface area contributed by atoms with Gasteiger partial charge in [0.25, 0.3) is 0 Å². The molecule has 4 nitrogen and oxygen atoms in total. The lowest BCUT2D eigenvalue weighted by Gasteiger charge is -2.26. The maximum absolute atomic E-state index is 9.15. The van der Waals surface area contributed by atoms with Crippen LogP contribution in [0.4, 0.5) is 0 Å². The van der Waals surface area contributed by atoms with Crippen molar-refractivity contribution >= 4 is 23.3 Å². The maximum atomic E-state index is 9.15. The number of aromatic nitrogens is 2. The van der Waals surface area contributed by atoms with Gasteiger partial charge in [-0.05, 0) is 31.9 Å². The van der Waals surface area contributed by atoms with E-state index in [0.717, 1.165) is 16.5 Å². The fraction of sp³-hybridized carbons (Fsp3) is 0.750. The zero-order valence-corrected chi connectivity index (χ0v) is 9.99. The van der Waals surface area contributed by atoms with Gasteiger partial charge in [0.2, 0.25) is 0 Å². The van der Waals surface area contributed by atoms with Crippen molar-refractivity contribution in [2.45, 2.75) is 23.2 Å². The van der Waals surface area contributed by atoms with Crippen molar-refractivity contribution < 1.29 is 5.11 Å². The quantitative estimate of drug-likeness (QED) is 0.718. The summed E-state index contributed by atoms with van der Waals surface area (Å²) in [4.78, 5) is 4.07. The lowest BCUT2D eigenvalue weighted by molar-refractivity contribution is 0.179. The standard InChI is InChI=1S/C8H15N3OS2/c1-8(5-12,9-2)3-4-13-7-10-6-11-14-7/h6,9,12H,3-5H2,1-2H3. The van der Waals surface area contributed by atoms with Gasteiger partial charge >= 0.3 is 0 Å². The molecule has 14 heavy (non-hydrogen) atoms. The highest BCUT2D eigenvalue weighted by molar-refractivity contribution is 8.00. The molecule has 1 aromatic rings. The number of aliphatic hydroxyl groups is 1. The molecule has 1 unspecified atom stereocenters. The van der Waals surface area contributed by atoms with Crippen LogP contribution < -0.4 is 5.32 Å². The Labute approximate surface area is 92.3 Å². The van der Waals surface area contributed by atoms with Crippen molar-refractivity contribution in [3.8, 4) is 0 Å². The minimum Gasteiger partial charge on any atom is -0.394 e. The first-order chi connectivity index (χ1) is 6.70. The number of rotatable bonds is 6. The Morgan fingerprint density at radius 1 is 1.71 bits per heavy atom. The van der Waals surface area contributed by atoms with Crippen LogP contribution in [0.2, 0.25) is 0 Å². The van der Waals surface area contributed by atoms with Crippen LogP contribution in [-0.2, 0) is 0 Å². The Hall–Kier alpha value is -0.170. The smallest absolute Gasteiger partial charge is 0.169 e. The number of nitrogens with zero attached hydrogens (tertiary/aromatic N) is 2. The molecule has 2 N–H and O–H groups in total. The van der Waals surface area contributed by atoms with Crippen LogP contribution in [0.25, 0.3) is 0 Å². The minimum atomic E-state index is -0.183. The molecule has 0 saturated carbocycles. The zero-order chi connectivity index (χ0) is 10.4. The van der Waals surface area contributed by atoms with Gasteiger partial charge in [-0.25, -0.2) is 4.98 Å². The molecule has 1 rings (SSSR count). The normalized spacial score (nSPS) is 15.4. The Kier molecular flexibility index (Phi) is 4.80. The number of likely N-dealkylation sites (N-methyl/N-ethyl adjacent to an activating group) is 1. The summed E-state index contributed by atoms with van der Waals surface area (Å²) in [7, 11) is 1.87. The first-order valence-electron chi connectivity index (χ1n) is 4.39. The van der Waals surface area contributed by atoms with Gasteiger partial charge in [-0.1, -0.05) is 11.8 Å². The monoisotopic (exact) mass is 233 g/mol. The summed E-state index contributed by atoms with van der Waals surface area (Å²) in [5, 5.41) is 12.3. The molecule has 0 fully saturated rings. The van der Waals surface area contributed by atoms with Crippen molar-refractivity contribution in [2.75, 3.05) is 19.4 Å².